The Kier molecular flexibility index (Phi) is 7.11. The van der Waals surface area contributed by atoms with E-state index in [1.54, 1.807) is 30.5 Å². The van der Waals surface area contributed by atoms with E-state index < -0.39 is 10.0 Å². The molecule has 0 atom stereocenters. The smallest absolute Gasteiger partial charge is 0.242 e. The van der Waals surface area contributed by atoms with E-state index in [0.29, 0.717) is 17.7 Å². The van der Waals surface area contributed by atoms with Gasteiger partial charge >= 0.3 is 0 Å². The van der Waals surface area contributed by atoms with Crippen LogP contribution in [0.1, 0.15) is 32.6 Å². The summed E-state index contributed by atoms with van der Waals surface area (Å²) in [6, 6.07) is 6.97. The summed E-state index contributed by atoms with van der Waals surface area (Å²) in [4.78, 5) is 9.40. The lowest BCUT2D eigenvalue weighted by Crippen LogP contribution is -2.45. The van der Waals surface area contributed by atoms with Crippen molar-refractivity contribution in [3.05, 3.63) is 30.5 Å². The number of hydrogen-bond acceptors (Lipinski definition) is 8. The molecule has 0 unspecified atom stereocenters. The van der Waals surface area contributed by atoms with E-state index in [2.05, 4.69) is 33.0 Å². The third-order valence-corrected chi connectivity index (χ3v) is 7.00. The normalized spacial score (nSPS) is 14.8. The van der Waals surface area contributed by atoms with E-state index in [1.807, 2.05) is 7.05 Å². The topological polar surface area (TPSA) is 102 Å². The summed E-state index contributed by atoms with van der Waals surface area (Å²) in [7, 11) is 1.43. The molecule has 2 aromatic rings. The summed E-state index contributed by atoms with van der Waals surface area (Å²) in [6.07, 6.45) is 6.46. The highest BCUT2D eigenvalue weighted by molar-refractivity contribution is 7.89. The standard InChI is InChI=1S/C20H31N7O2S/c1-5-23-27(16-8-6-7-9-16)19-18(21-2)14-22-20(25-19)24-15-10-12-17(13-11-15)30(28,29)26(3)4/h10-14,16,21,23H,5-9H2,1-4H3,(H,22,24,25). The van der Waals surface area contributed by atoms with Crippen LogP contribution in [0.15, 0.2) is 35.4 Å². The molecule has 0 amide bonds. The molecule has 1 aromatic carbocycles. The Balaban J connectivity index is 1.86. The first-order chi connectivity index (χ1) is 14.4. The fraction of sp³-hybridized carbons (Fsp3) is 0.500. The van der Waals surface area contributed by atoms with Crippen LogP contribution in [0.5, 0.6) is 0 Å². The van der Waals surface area contributed by atoms with Gasteiger partial charge in [-0.1, -0.05) is 19.8 Å². The Bertz CT molecular complexity index is 942. The SMILES string of the molecule is CCNN(c1nc(Nc2ccc(S(=O)(=O)N(C)C)cc2)ncc1NC)C1CCCC1. The third-order valence-electron chi connectivity index (χ3n) is 5.17. The molecule has 3 N–H and O–H groups in total. The van der Waals surface area contributed by atoms with E-state index >= 15 is 0 Å². The zero-order chi connectivity index (χ0) is 21.7. The van der Waals surface area contributed by atoms with Gasteiger partial charge in [-0.05, 0) is 37.1 Å². The predicted molar refractivity (Wildman–Crippen MR) is 121 cm³/mol. The average molecular weight is 434 g/mol. The van der Waals surface area contributed by atoms with Crippen molar-refractivity contribution in [2.24, 2.45) is 0 Å². The van der Waals surface area contributed by atoms with Gasteiger partial charge in [0.25, 0.3) is 0 Å². The summed E-state index contributed by atoms with van der Waals surface area (Å²) in [5, 5.41) is 8.51. The minimum atomic E-state index is -3.46. The third kappa shape index (κ3) is 4.82. The molecule has 164 valence electrons. The Morgan fingerprint density at radius 1 is 1.13 bits per heavy atom. The summed E-state index contributed by atoms with van der Waals surface area (Å²) in [5.41, 5.74) is 5.01. The van der Waals surface area contributed by atoms with Crippen LogP contribution >= 0.6 is 0 Å². The minimum Gasteiger partial charge on any atom is -0.384 e. The highest BCUT2D eigenvalue weighted by Crippen LogP contribution is 2.31. The van der Waals surface area contributed by atoms with E-state index in [4.69, 9.17) is 4.98 Å². The molecule has 0 radical (unpaired) electrons. The molecule has 1 aliphatic rings. The molecule has 9 nitrogen and oxygen atoms in total. The first-order valence-corrected chi connectivity index (χ1v) is 11.7. The van der Waals surface area contributed by atoms with Crippen LogP contribution in [-0.4, -0.2) is 56.4 Å². The van der Waals surface area contributed by atoms with Gasteiger partial charge in [-0.25, -0.2) is 23.1 Å². The van der Waals surface area contributed by atoms with Crippen molar-refractivity contribution in [1.29, 1.82) is 0 Å². The van der Waals surface area contributed by atoms with E-state index in [0.717, 1.165) is 30.9 Å². The number of anilines is 4. The van der Waals surface area contributed by atoms with Crippen LogP contribution in [0.3, 0.4) is 0 Å². The molecule has 1 fully saturated rings. The number of sulfonamides is 1. The largest absolute Gasteiger partial charge is 0.384 e. The van der Waals surface area contributed by atoms with Gasteiger partial charge in [-0.3, -0.25) is 5.01 Å². The lowest BCUT2D eigenvalue weighted by Gasteiger charge is -2.31. The highest BCUT2D eigenvalue weighted by Gasteiger charge is 2.26. The molecule has 0 spiro atoms. The van der Waals surface area contributed by atoms with Gasteiger partial charge in [0.1, 0.15) is 0 Å². The maximum Gasteiger partial charge on any atom is 0.242 e. The van der Waals surface area contributed by atoms with Crippen LogP contribution in [0, 0.1) is 0 Å². The Labute approximate surface area is 178 Å². The molecular weight excluding hydrogens is 402 g/mol. The molecule has 1 heterocycles. The number of nitrogens with one attached hydrogen (secondary N) is 3. The van der Waals surface area contributed by atoms with Crippen molar-refractivity contribution in [3.8, 4) is 0 Å². The summed E-state index contributed by atoms with van der Waals surface area (Å²) < 4.78 is 25.7. The maximum absolute atomic E-state index is 12.2. The monoisotopic (exact) mass is 433 g/mol. The number of benzene rings is 1. The lowest BCUT2D eigenvalue weighted by atomic mass is 10.2. The van der Waals surface area contributed by atoms with Crippen LogP contribution in [0.25, 0.3) is 0 Å². The molecule has 0 saturated heterocycles. The van der Waals surface area contributed by atoms with Gasteiger partial charge < -0.3 is 10.6 Å². The number of hydrazine groups is 1. The molecule has 10 heteroatoms. The van der Waals surface area contributed by atoms with Gasteiger partial charge in [-0.15, -0.1) is 0 Å². The average Bonchev–Trinajstić information content (AvgIpc) is 3.27. The van der Waals surface area contributed by atoms with Gasteiger partial charge in [0.15, 0.2) is 5.82 Å². The molecule has 3 rings (SSSR count). The highest BCUT2D eigenvalue weighted by atomic mass is 32.2. The maximum atomic E-state index is 12.2. The molecular formula is C20H31N7O2S. The fourth-order valence-electron chi connectivity index (χ4n) is 3.55. The number of hydrogen-bond donors (Lipinski definition) is 3. The molecule has 0 bridgehead atoms. The summed E-state index contributed by atoms with van der Waals surface area (Å²) in [5.74, 6) is 1.25. The Morgan fingerprint density at radius 2 is 1.80 bits per heavy atom. The summed E-state index contributed by atoms with van der Waals surface area (Å²) >= 11 is 0. The van der Waals surface area contributed by atoms with Crippen LogP contribution in [0.4, 0.5) is 23.1 Å². The second kappa shape index (κ2) is 9.59. The van der Waals surface area contributed by atoms with E-state index in [1.165, 1.54) is 31.2 Å². The van der Waals surface area contributed by atoms with Gasteiger partial charge in [0.05, 0.1) is 16.8 Å². The van der Waals surface area contributed by atoms with Gasteiger partial charge in [0, 0.05) is 39.4 Å². The zero-order valence-electron chi connectivity index (χ0n) is 18.0. The first-order valence-electron chi connectivity index (χ1n) is 10.2. The summed E-state index contributed by atoms with van der Waals surface area (Å²) in [6.45, 7) is 2.87. The fourth-order valence-corrected chi connectivity index (χ4v) is 4.45. The van der Waals surface area contributed by atoms with Crippen LogP contribution in [0.2, 0.25) is 0 Å². The number of aromatic nitrogens is 2. The van der Waals surface area contributed by atoms with E-state index in [-0.39, 0.29) is 4.90 Å². The van der Waals surface area contributed by atoms with Crippen molar-refractivity contribution in [2.45, 2.75) is 43.5 Å². The van der Waals surface area contributed by atoms with Crippen LogP contribution in [-0.2, 0) is 10.0 Å². The first kappa shape index (κ1) is 22.3. The molecule has 1 aromatic heterocycles. The quantitative estimate of drug-likeness (QED) is 0.519. The van der Waals surface area contributed by atoms with Crippen molar-refractivity contribution in [3.63, 3.8) is 0 Å². The zero-order valence-corrected chi connectivity index (χ0v) is 18.8. The molecule has 0 aliphatic heterocycles. The van der Waals surface area contributed by atoms with Crippen molar-refractivity contribution < 1.29 is 8.42 Å². The van der Waals surface area contributed by atoms with Gasteiger partial charge in [0.2, 0.25) is 16.0 Å². The van der Waals surface area contributed by atoms with Crippen molar-refractivity contribution in [2.75, 3.05) is 43.3 Å². The van der Waals surface area contributed by atoms with Gasteiger partial charge in [-0.2, -0.15) is 4.98 Å². The predicted octanol–water partition coefficient (Wildman–Crippen LogP) is 2.79. The van der Waals surface area contributed by atoms with Crippen molar-refractivity contribution >= 4 is 33.2 Å². The molecule has 1 saturated carbocycles. The van der Waals surface area contributed by atoms with E-state index in [9.17, 15) is 8.42 Å². The lowest BCUT2D eigenvalue weighted by molar-refractivity contribution is 0.521. The van der Waals surface area contributed by atoms with Crippen molar-refractivity contribution in [1.82, 2.24) is 19.7 Å². The second-order valence-corrected chi connectivity index (χ2v) is 9.59. The number of rotatable bonds is 9. The molecule has 1 aliphatic carbocycles. The Morgan fingerprint density at radius 3 is 2.37 bits per heavy atom. The Hall–Kier alpha value is -2.43. The number of nitrogens with zero attached hydrogens (tertiary/aromatic N) is 4. The molecule has 30 heavy (non-hydrogen) atoms. The van der Waals surface area contributed by atoms with Crippen LogP contribution < -0.4 is 21.1 Å². The second-order valence-electron chi connectivity index (χ2n) is 7.44. The minimum absolute atomic E-state index is 0.241.